The van der Waals surface area contributed by atoms with Gasteiger partial charge in [-0.05, 0) is 0 Å². The van der Waals surface area contributed by atoms with Gasteiger partial charge in [0.2, 0.25) is 0 Å². The van der Waals surface area contributed by atoms with Crippen LogP contribution in [0.25, 0.3) is 0 Å². The summed E-state index contributed by atoms with van der Waals surface area (Å²) in [6, 6.07) is 16.8. The Bertz CT molecular complexity index is 524. The predicted molar refractivity (Wildman–Crippen MR) is 85.7 cm³/mol. The summed E-state index contributed by atoms with van der Waals surface area (Å²) >= 11 is 0.341. The van der Waals surface area contributed by atoms with Crippen molar-refractivity contribution in [2.24, 2.45) is 0 Å². The van der Waals surface area contributed by atoms with E-state index in [0.29, 0.717) is 15.0 Å². The molecule has 0 spiro atoms. The number of hydrogen-bond acceptors (Lipinski definition) is 2. The third kappa shape index (κ3) is 4.62. The average molecular weight is 319 g/mol. The zero-order valence-corrected chi connectivity index (χ0v) is 13.3. The molecule has 100 valence electrons. The number of rotatable bonds is 3. The van der Waals surface area contributed by atoms with Gasteiger partial charge in [-0.1, -0.05) is 0 Å². The summed E-state index contributed by atoms with van der Waals surface area (Å²) in [7, 11) is 0. The van der Waals surface area contributed by atoms with Crippen LogP contribution in [0.1, 0.15) is 20.8 Å². The monoisotopic (exact) mass is 320 g/mol. The molecule has 0 bridgehead atoms. The summed E-state index contributed by atoms with van der Waals surface area (Å²) in [5.74, 6) is 0. The molecule has 0 atom stereocenters. The Hall–Kier alpha value is -1.44. The van der Waals surface area contributed by atoms with Crippen LogP contribution in [0.15, 0.2) is 48.5 Å². The van der Waals surface area contributed by atoms with Crippen LogP contribution in [0.3, 0.4) is 0 Å². The van der Waals surface area contributed by atoms with Gasteiger partial charge in [-0.2, -0.15) is 0 Å². The third-order valence-electron chi connectivity index (χ3n) is 2.49. The minimum absolute atomic E-state index is 0.101. The van der Waals surface area contributed by atoms with E-state index in [9.17, 15) is 0 Å². The van der Waals surface area contributed by atoms with Gasteiger partial charge in [0.05, 0.1) is 0 Å². The molecule has 0 radical (unpaired) electrons. The van der Waals surface area contributed by atoms with E-state index < -0.39 is 0 Å². The van der Waals surface area contributed by atoms with Crippen molar-refractivity contribution in [3.05, 3.63) is 48.5 Å². The molecule has 2 rings (SSSR count). The second-order valence-corrected chi connectivity index (χ2v) is 7.98. The van der Waals surface area contributed by atoms with Crippen LogP contribution in [-0.2, 0) is 0 Å². The van der Waals surface area contributed by atoms with E-state index in [1.165, 1.54) is 14.6 Å². The Kier molecular flexibility index (Phi) is 4.18. The van der Waals surface area contributed by atoms with Crippen LogP contribution >= 0.6 is 0 Å². The van der Waals surface area contributed by atoms with Gasteiger partial charge in [0, 0.05) is 0 Å². The van der Waals surface area contributed by atoms with E-state index in [1.807, 2.05) is 12.1 Å². The van der Waals surface area contributed by atoms with E-state index >= 15 is 0 Å². The summed E-state index contributed by atoms with van der Waals surface area (Å²) in [6.07, 6.45) is 0. The van der Waals surface area contributed by atoms with Crippen molar-refractivity contribution < 1.29 is 0 Å². The molecular weight excluding hydrogens is 299 g/mol. The van der Waals surface area contributed by atoms with E-state index in [0.717, 1.165) is 5.69 Å². The van der Waals surface area contributed by atoms with Crippen molar-refractivity contribution in [3.8, 4) is 0 Å². The fraction of sp³-hybridized carbons (Fsp3) is 0.250. The zero-order chi connectivity index (χ0) is 13.9. The molecule has 2 nitrogen and oxygen atoms in total. The first-order valence-corrected chi connectivity index (χ1v) is 8.05. The first kappa shape index (κ1) is 14.0. The Morgan fingerprint density at radius 1 is 0.842 bits per heavy atom. The van der Waals surface area contributed by atoms with Crippen LogP contribution in [0, 0.1) is 0 Å². The van der Waals surface area contributed by atoms with Crippen molar-refractivity contribution in [1.29, 1.82) is 0 Å². The number of hydrogen-bond donors (Lipinski definition) is 2. The summed E-state index contributed by atoms with van der Waals surface area (Å²) in [5.41, 5.74) is 7.79. The second kappa shape index (κ2) is 5.68. The Morgan fingerprint density at radius 3 is 1.79 bits per heavy atom. The van der Waals surface area contributed by atoms with Crippen molar-refractivity contribution in [2.45, 2.75) is 26.3 Å². The first-order chi connectivity index (χ1) is 8.92. The van der Waals surface area contributed by atoms with Gasteiger partial charge >= 0.3 is 121 Å². The topological polar surface area (TPSA) is 38.0 Å². The maximum atomic E-state index is 5.70. The van der Waals surface area contributed by atoms with Gasteiger partial charge in [-0.25, -0.2) is 0 Å². The fourth-order valence-corrected chi connectivity index (χ4v) is 3.42. The van der Waals surface area contributed by atoms with Crippen molar-refractivity contribution >= 4 is 35.3 Å². The Labute approximate surface area is 121 Å². The Balaban J connectivity index is 2.04. The van der Waals surface area contributed by atoms with Crippen LogP contribution in [-0.4, -0.2) is 20.5 Å². The summed E-state index contributed by atoms with van der Waals surface area (Å²) < 4.78 is 2.72. The molecule has 3 N–H and O–H groups in total. The van der Waals surface area contributed by atoms with Gasteiger partial charge < -0.3 is 0 Å². The summed E-state index contributed by atoms with van der Waals surface area (Å²) in [5, 5.41) is 3.47. The summed E-state index contributed by atoms with van der Waals surface area (Å²) in [4.78, 5) is 0. The molecule has 0 aliphatic rings. The Morgan fingerprint density at radius 2 is 1.32 bits per heavy atom. The SMILES string of the molecule is CC(C)(C)Nc1ccc([Se]c2ccc(N)cc2)cc1. The molecule has 19 heavy (non-hydrogen) atoms. The zero-order valence-electron chi connectivity index (χ0n) is 11.6. The van der Waals surface area contributed by atoms with Crippen molar-refractivity contribution in [1.82, 2.24) is 0 Å². The van der Waals surface area contributed by atoms with E-state index in [4.69, 9.17) is 5.73 Å². The molecule has 2 aromatic carbocycles. The predicted octanol–water partition coefficient (Wildman–Crippen LogP) is 2.13. The standard InChI is InChI=1S/C16H20N2Se/c1-16(2,3)18-13-6-10-15(11-7-13)19-14-8-4-12(17)5-9-14/h4-11,18H,17H2,1-3H3. The molecule has 0 saturated carbocycles. The van der Waals surface area contributed by atoms with Crippen LogP contribution in [0.4, 0.5) is 11.4 Å². The molecule has 0 aliphatic carbocycles. The van der Waals surface area contributed by atoms with Crippen LogP contribution < -0.4 is 20.0 Å². The van der Waals surface area contributed by atoms with Crippen molar-refractivity contribution in [2.75, 3.05) is 11.1 Å². The van der Waals surface area contributed by atoms with Gasteiger partial charge in [-0.15, -0.1) is 0 Å². The van der Waals surface area contributed by atoms with Gasteiger partial charge in [0.1, 0.15) is 0 Å². The maximum absolute atomic E-state index is 5.70. The molecule has 3 heteroatoms. The third-order valence-corrected chi connectivity index (χ3v) is 4.62. The number of nitrogens with one attached hydrogen (secondary N) is 1. The molecular formula is C16H20N2Se. The van der Waals surface area contributed by atoms with Gasteiger partial charge in [0.25, 0.3) is 0 Å². The van der Waals surface area contributed by atoms with Crippen LogP contribution in [0.2, 0.25) is 0 Å². The van der Waals surface area contributed by atoms with Gasteiger partial charge in [-0.3, -0.25) is 0 Å². The van der Waals surface area contributed by atoms with E-state index in [2.05, 4.69) is 62.5 Å². The quantitative estimate of drug-likeness (QED) is 0.672. The first-order valence-electron chi connectivity index (χ1n) is 6.34. The molecule has 0 aromatic heterocycles. The number of benzene rings is 2. The van der Waals surface area contributed by atoms with Crippen LogP contribution in [0.5, 0.6) is 0 Å². The molecule has 0 amide bonds. The molecule has 0 heterocycles. The fourth-order valence-electron chi connectivity index (χ4n) is 1.71. The number of nitrogen functional groups attached to an aromatic ring is 1. The average Bonchev–Trinajstić information content (AvgIpc) is 2.33. The molecule has 0 fully saturated rings. The molecule has 0 unspecified atom stereocenters. The minimum atomic E-state index is 0.101. The molecule has 0 saturated heterocycles. The van der Waals surface area contributed by atoms with Crippen molar-refractivity contribution in [3.63, 3.8) is 0 Å². The second-order valence-electron chi connectivity index (χ2n) is 5.57. The normalized spacial score (nSPS) is 11.3. The number of nitrogens with two attached hydrogens (primary N) is 1. The van der Waals surface area contributed by atoms with E-state index in [-0.39, 0.29) is 5.54 Å². The molecule has 2 aromatic rings. The van der Waals surface area contributed by atoms with E-state index in [1.54, 1.807) is 0 Å². The summed E-state index contributed by atoms with van der Waals surface area (Å²) in [6.45, 7) is 6.50. The number of anilines is 2. The molecule has 0 aliphatic heterocycles. The van der Waals surface area contributed by atoms with Gasteiger partial charge in [0.15, 0.2) is 0 Å².